The van der Waals surface area contributed by atoms with Gasteiger partial charge in [0.1, 0.15) is 23.1 Å². The van der Waals surface area contributed by atoms with Crippen LogP contribution < -0.4 is 15.0 Å². The normalized spacial score (nSPS) is 11.9. The van der Waals surface area contributed by atoms with Crippen LogP contribution in [0.15, 0.2) is 47.5 Å². The molecule has 164 valence electrons. The van der Waals surface area contributed by atoms with Gasteiger partial charge in [0.15, 0.2) is 17.3 Å². The third-order valence-corrected chi connectivity index (χ3v) is 4.71. The van der Waals surface area contributed by atoms with Gasteiger partial charge in [-0.05, 0) is 49.2 Å². The summed E-state index contributed by atoms with van der Waals surface area (Å²) >= 11 is 0. The van der Waals surface area contributed by atoms with E-state index in [-0.39, 0.29) is 22.6 Å². The number of aromatic nitrogens is 4. The molecular weight excluding hydrogens is 416 g/mol. The molecule has 0 saturated carbocycles. The molecule has 1 atom stereocenters. The maximum atomic E-state index is 12.3. The number of phenols is 1. The van der Waals surface area contributed by atoms with Crippen LogP contribution >= 0.6 is 0 Å². The van der Waals surface area contributed by atoms with Crippen molar-refractivity contribution >= 4 is 17.1 Å². The van der Waals surface area contributed by atoms with Gasteiger partial charge in [0, 0.05) is 6.07 Å². The molecule has 4 rings (SSSR count). The molecule has 0 bridgehead atoms. The van der Waals surface area contributed by atoms with Gasteiger partial charge in [-0.2, -0.15) is 0 Å². The van der Waals surface area contributed by atoms with E-state index in [4.69, 9.17) is 14.6 Å². The number of hydrogen-bond acceptors (Lipinski definition) is 7. The summed E-state index contributed by atoms with van der Waals surface area (Å²) in [5.74, 6) is -0.192. The van der Waals surface area contributed by atoms with Crippen LogP contribution in [0.3, 0.4) is 0 Å². The van der Waals surface area contributed by atoms with Gasteiger partial charge in [0.25, 0.3) is 5.56 Å². The van der Waals surface area contributed by atoms with E-state index in [0.29, 0.717) is 40.5 Å². The highest BCUT2D eigenvalue weighted by Crippen LogP contribution is 2.35. The molecule has 2 heterocycles. The van der Waals surface area contributed by atoms with Crippen molar-refractivity contribution in [3.05, 3.63) is 53.1 Å². The Kier molecular flexibility index (Phi) is 5.50. The van der Waals surface area contributed by atoms with Crippen molar-refractivity contribution in [2.75, 3.05) is 6.61 Å². The fraction of sp³-hybridized carbons (Fsp3) is 0.182. The number of hydrogen-bond donors (Lipinski definition) is 4. The molecule has 2 aromatic carbocycles. The van der Waals surface area contributed by atoms with Crippen molar-refractivity contribution in [3.8, 4) is 39.8 Å². The van der Waals surface area contributed by atoms with Gasteiger partial charge < -0.3 is 29.7 Å². The fourth-order valence-corrected chi connectivity index (χ4v) is 3.22. The van der Waals surface area contributed by atoms with E-state index >= 15 is 0 Å². The number of benzene rings is 2. The second kappa shape index (κ2) is 8.42. The third kappa shape index (κ3) is 4.10. The van der Waals surface area contributed by atoms with Gasteiger partial charge in [-0.1, -0.05) is 6.07 Å². The minimum Gasteiger partial charge on any atom is -0.508 e. The van der Waals surface area contributed by atoms with E-state index in [9.17, 15) is 14.7 Å². The first-order valence-electron chi connectivity index (χ1n) is 9.80. The molecule has 0 aliphatic heterocycles. The summed E-state index contributed by atoms with van der Waals surface area (Å²) in [6.07, 6.45) is 0.321. The first kappa shape index (κ1) is 20.9. The van der Waals surface area contributed by atoms with Crippen LogP contribution in [0, 0.1) is 0 Å². The van der Waals surface area contributed by atoms with Crippen LogP contribution in [0.1, 0.15) is 13.8 Å². The number of carboxylic acids is 1. The van der Waals surface area contributed by atoms with Gasteiger partial charge in [0.05, 0.1) is 18.5 Å². The van der Waals surface area contributed by atoms with Gasteiger partial charge in [-0.15, -0.1) is 0 Å². The van der Waals surface area contributed by atoms with Crippen LogP contribution in [-0.2, 0) is 4.79 Å². The van der Waals surface area contributed by atoms with Crippen molar-refractivity contribution < 1.29 is 24.5 Å². The molecule has 1 unspecified atom stereocenters. The lowest BCUT2D eigenvalue weighted by atomic mass is 10.0. The monoisotopic (exact) mass is 436 g/mol. The molecule has 0 radical (unpaired) electrons. The van der Waals surface area contributed by atoms with E-state index < -0.39 is 12.1 Å². The van der Waals surface area contributed by atoms with Crippen LogP contribution in [0.4, 0.5) is 0 Å². The van der Waals surface area contributed by atoms with E-state index in [2.05, 4.69) is 19.9 Å². The molecule has 10 heteroatoms. The lowest BCUT2D eigenvalue weighted by molar-refractivity contribution is -0.144. The number of aliphatic carboxylic acids is 1. The Morgan fingerprint density at radius 2 is 2.00 bits per heavy atom. The zero-order chi connectivity index (χ0) is 22.8. The molecule has 0 fully saturated rings. The standard InChI is InChI=1S/C22H20N4O6/c1-3-31-17-8-12(13-6-14(27)9-15(7-13)32-11(2)22(29)30)4-5-16(17)19-25-20-18(21(28)26-19)23-10-24-20/h4-11,27H,3H2,1-2H3,(H,29,30)(H2,23,24,25,26,28). The van der Waals surface area contributed by atoms with Crippen molar-refractivity contribution in [3.63, 3.8) is 0 Å². The lowest BCUT2D eigenvalue weighted by Gasteiger charge is -2.14. The van der Waals surface area contributed by atoms with E-state index in [1.165, 1.54) is 25.4 Å². The van der Waals surface area contributed by atoms with Crippen molar-refractivity contribution in [1.82, 2.24) is 19.9 Å². The van der Waals surface area contributed by atoms with E-state index in [1.54, 1.807) is 24.3 Å². The minimum absolute atomic E-state index is 0.0761. The highest BCUT2D eigenvalue weighted by molar-refractivity contribution is 5.78. The maximum Gasteiger partial charge on any atom is 0.344 e. The Labute approximate surface area is 181 Å². The zero-order valence-electron chi connectivity index (χ0n) is 17.2. The lowest BCUT2D eigenvalue weighted by Crippen LogP contribution is -2.22. The number of nitrogens with one attached hydrogen (secondary N) is 2. The van der Waals surface area contributed by atoms with Crippen molar-refractivity contribution in [2.24, 2.45) is 0 Å². The topological polar surface area (TPSA) is 150 Å². The molecular formula is C22H20N4O6. The number of aromatic hydroxyl groups is 1. The molecule has 10 nitrogen and oxygen atoms in total. The number of fused-ring (bicyclic) bond motifs is 1. The highest BCUT2D eigenvalue weighted by atomic mass is 16.5. The number of ether oxygens (including phenoxy) is 2. The molecule has 0 aliphatic rings. The number of nitrogens with zero attached hydrogens (tertiary/aromatic N) is 2. The third-order valence-electron chi connectivity index (χ3n) is 4.71. The van der Waals surface area contributed by atoms with Gasteiger partial charge in [-0.25, -0.2) is 14.8 Å². The largest absolute Gasteiger partial charge is 0.508 e. The Bertz CT molecular complexity index is 1360. The molecule has 32 heavy (non-hydrogen) atoms. The van der Waals surface area contributed by atoms with Crippen LogP contribution in [0.2, 0.25) is 0 Å². The molecule has 0 saturated heterocycles. The van der Waals surface area contributed by atoms with Crippen molar-refractivity contribution in [1.29, 1.82) is 0 Å². The predicted octanol–water partition coefficient (Wildman–Crippen LogP) is 2.94. The summed E-state index contributed by atoms with van der Waals surface area (Å²) in [6.45, 7) is 3.61. The smallest absolute Gasteiger partial charge is 0.344 e. The van der Waals surface area contributed by atoms with Gasteiger partial charge >= 0.3 is 5.97 Å². The van der Waals surface area contributed by atoms with Crippen LogP contribution in [0.25, 0.3) is 33.7 Å². The number of rotatable bonds is 7. The number of aromatic amines is 2. The number of carboxylic acid groups (broad SMARTS) is 1. The van der Waals surface area contributed by atoms with Crippen LogP contribution in [-0.4, -0.2) is 48.8 Å². The number of imidazole rings is 1. The summed E-state index contributed by atoms with van der Waals surface area (Å²) in [6, 6.07) is 9.75. The second-order valence-electron chi connectivity index (χ2n) is 6.97. The highest BCUT2D eigenvalue weighted by Gasteiger charge is 2.16. The summed E-state index contributed by atoms with van der Waals surface area (Å²) in [5, 5.41) is 19.2. The van der Waals surface area contributed by atoms with Gasteiger partial charge in [-0.3, -0.25) is 4.79 Å². The number of carbonyl (C=O) groups is 1. The summed E-state index contributed by atoms with van der Waals surface area (Å²) in [5.41, 5.74) is 2.05. The SMILES string of the molecule is CCOc1cc(-c2cc(O)cc(OC(C)C(=O)O)c2)ccc1-c1nc2[nH]cnc2c(=O)[nH]1. The number of phenolic OH excluding ortho intramolecular Hbond substituents is 1. The van der Waals surface area contributed by atoms with E-state index in [1.807, 2.05) is 6.92 Å². The molecule has 2 aromatic heterocycles. The fourth-order valence-electron chi connectivity index (χ4n) is 3.22. The molecule has 4 aromatic rings. The number of H-pyrrole nitrogens is 2. The molecule has 0 spiro atoms. The Morgan fingerprint density at radius 1 is 1.19 bits per heavy atom. The quantitative estimate of drug-likeness (QED) is 0.345. The molecule has 0 amide bonds. The van der Waals surface area contributed by atoms with E-state index in [0.717, 1.165) is 0 Å². The zero-order valence-corrected chi connectivity index (χ0v) is 17.2. The molecule has 4 N–H and O–H groups in total. The Balaban J connectivity index is 1.77. The predicted molar refractivity (Wildman–Crippen MR) is 116 cm³/mol. The molecule has 0 aliphatic carbocycles. The first-order chi connectivity index (χ1) is 15.4. The Morgan fingerprint density at radius 3 is 2.75 bits per heavy atom. The summed E-state index contributed by atoms with van der Waals surface area (Å²) < 4.78 is 11.2. The van der Waals surface area contributed by atoms with Crippen molar-refractivity contribution in [2.45, 2.75) is 20.0 Å². The average Bonchev–Trinajstić information content (AvgIpc) is 3.23. The van der Waals surface area contributed by atoms with Gasteiger partial charge in [0.2, 0.25) is 0 Å². The first-order valence-corrected chi connectivity index (χ1v) is 9.80. The minimum atomic E-state index is -1.12. The van der Waals surface area contributed by atoms with Crippen LogP contribution in [0.5, 0.6) is 17.2 Å². The second-order valence-corrected chi connectivity index (χ2v) is 6.97. The Hall–Kier alpha value is -4.34. The summed E-state index contributed by atoms with van der Waals surface area (Å²) in [7, 11) is 0. The summed E-state index contributed by atoms with van der Waals surface area (Å²) in [4.78, 5) is 37.3. The maximum absolute atomic E-state index is 12.3. The average molecular weight is 436 g/mol.